The van der Waals surface area contributed by atoms with Crippen molar-refractivity contribution in [2.45, 2.75) is 59.5 Å². The van der Waals surface area contributed by atoms with Crippen molar-refractivity contribution in [2.24, 2.45) is 11.8 Å². The number of carbonyl (C=O) groups is 2. The third-order valence-corrected chi connectivity index (χ3v) is 7.67. The van der Waals surface area contributed by atoms with Gasteiger partial charge in [0.15, 0.2) is 5.15 Å². The molecule has 2 aromatic carbocycles. The zero-order chi connectivity index (χ0) is 27.7. The summed E-state index contributed by atoms with van der Waals surface area (Å²) in [7, 11) is 1.39. The molecule has 3 aromatic rings. The molecule has 6 nitrogen and oxygen atoms in total. The lowest BCUT2D eigenvalue weighted by Gasteiger charge is -2.17. The molecule has 1 heterocycles. The van der Waals surface area contributed by atoms with Crippen molar-refractivity contribution < 1.29 is 14.3 Å². The summed E-state index contributed by atoms with van der Waals surface area (Å²) in [6, 6.07) is 15.5. The van der Waals surface area contributed by atoms with E-state index >= 15 is 0 Å². The van der Waals surface area contributed by atoms with Gasteiger partial charge >= 0.3 is 5.97 Å². The molecule has 0 spiro atoms. The quantitative estimate of drug-likeness (QED) is 0.184. The van der Waals surface area contributed by atoms with Gasteiger partial charge in [-0.25, -0.2) is 9.78 Å². The maximum Gasteiger partial charge on any atom is 0.338 e. The lowest BCUT2D eigenvalue weighted by atomic mass is 9.98. The van der Waals surface area contributed by atoms with E-state index in [-0.39, 0.29) is 17.8 Å². The number of amides is 1. The van der Waals surface area contributed by atoms with E-state index in [1.54, 1.807) is 6.07 Å². The van der Waals surface area contributed by atoms with Crippen LogP contribution < -0.4 is 5.32 Å². The summed E-state index contributed by atoms with van der Waals surface area (Å²) in [5.41, 5.74) is 4.16. The van der Waals surface area contributed by atoms with Crippen LogP contribution in [0.25, 0.3) is 11.1 Å². The van der Waals surface area contributed by atoms with Crippen LogP contribution in [-0.4, -0.2) is 34.3 Å². The van der Waals surface area contributed by atoms with Gasteiger partial charge in [0, 0.05) is 18.9 Å². The van der Waals surface area contributed by atoms with Crippen LogP contribution in [0.5, 0.6) is 0 Å². The molecule has 0 saturated heterocycles. The summed E-state index contributed by atoms with van der Waals surface area (Å²) < 4.78 is 7.07. The number of aromatic nitrogens is 2. The number of carbonyl (C=O) groups excluding carboxylic acids is 2. The van der Waals surface area contributed by atoms with Crippen molar-refractivity contribution >= 4 is 36.1 Å². The number of ether oxygens (including phenoxy) is 1. The van der Waals surface area contributed by atoms with Gasteiger partial charge in [-0.3, -0.25) is 4.79 Å². The number of hydrogen-bond donors (Lipinski definition) is 2. The Labute approximate surface area is 236 Å². The van der Waals surface area contributed by atoms with E-state index in [1.807, 2.05) is 49.4 Å². The monoisotopic (exact) mass is 555 g/mol. The topological polar surface area (TPSA) is 73.2 Å². The molecule has 0 fully saturated rings. The Morgan fingerprint density at radius 1 is 1.13 bits per heavy atom. The minimum absolute atomic E-state index is 0.00572. The second-order valence-corrected chi connectivity index (χ2v) is 10.6. The number of aryl methyl sites for hydroxylation is 1. The number of imidazole rings is 1. The van der Waals surface area contributed by atoms with Gasteiger partial charge < -0.3 is 14.6 Å². The number of halogens is 1. The Morgan fingerprint density at radius 3 is 2.50 bits per heavy atom. The van der Waals surface area contributed by atoms with E-state index in [0.717, 1.165) is 59.6 Å². The van der Waals surface area contributed by atoms with Crippen LogP contribution in [0.4, 0.5) is 0 Å². The smallest absolute Gasteiger partial charge is 0.338 e. The van der Waals surface area contributed by atoms with Crippen molar-refractivity contribution in [2.75, 3.05) is 12.9 Å². The first-order valence-corrected chi connectivity index (χ1v) is 14.2. The Hall–Kier alpha value is -2.77. The van der Waals surface area contributed by atoms with E-state index in [2.05, 4.69) is 41.3 Å². The van der Waals surface area contributed by atoms with Gasteiger partial charge in [0.05, 0.1) is 24.9 Å². The maximum atomic E-state index is 12.8. The average Bonchev–Trinajstić information content (AvgIpc) is 3.23. The van der Waals surface area contributed by atoms with Crippen LogP contribution in [0, 0.1) is 11.8 Å². The molecule has 0 bridgehead atoms. The minimum Gasteiger partial charge on any atom is -0.465 e. The molecule has 0 aliphatic rings. The second-order valence-electron chi connectivity index (χ2n) is 9.83. The molecule has 2 unspecified atom stereocenters. The molecule has 1 amide bonds. The predicted octanol–water partition coefficient (Wildman–Crippen LogP) is 6.59. The summed E-state index contributed by atoms with van der Waals surface area (Å²) in [5, 5.41) is 3.49. The molecule has 38 heavy (non-hydrogen) atoms. The fraction of sp³-hybridized carbons (Fsp3) is 0.433. The third kappa shape index (κ3) is 7.64. The number of nitrogens with one attached hydrogen (secondary N) is 1. The van der Waals surface area contributed by atoms with E-state index in [9.17, 15) is 9.59 Å². The van der Waals surface area contributed by atoms with Gasteiger partial charge in [-0.05, 0) is 47.3 Å². The molecule has 0 saturated carbocycles. The minimum atomic E-state index is -0.362. The predicted molar refractivity (Wildman–Crippen MR) is 157 cm³/mol. The SMILES string of the molecule is CCCCc1nc(Cl)c(CNC(=O)C(C)CC(C)CS)n1Cc1ccc(-c2ccccc2C(=O)OC)cc1. The highest BCUT2D eigenvalue weighted by Crippen LogP contribution is 2.26. The van der Waals surface area contributed by atoms with Gasteiger partial charge in [-0.1, -0.05) is 81.3 Å². The summed E-state index contributed by atoms with van der Waals surface area (Å²) in [6.07, 6.45) is 3.65. The van der Waals surface area contributed by atoms with E-state index < -0.39 is 0 Å². The first-order valence-electron chi connectivity index (χ1n) is 13.2. The van der Waals surface area contributed by atoms with Crippen molar-refractivity contribution in [1.29, 1.82) is 0 Å². The zero-order valence-corrected chi connectivity index (χ0v) is 24.3. The fourth-order valence-corrected chi connectivity index (χ4v) is 4.93. The Kier molecular flexibility index (Phi) is 11.3. The standard InChI is InChI=1S/C30H38ClN3O3S/c1-5-6-11-27-33-28(31)26(17-32-29(35)21(3)16-20(2)19-38)34(27)18-22-12-14-23(15-13-22)24-9-7-8-10-25(24)30(36)37-4/h7-10,12-15,20-21,38H,5-6,11,16-19H2,1-4H3,(H,32,35). The van der Waals surface area contributed by atoms with Crippen molar-refractivity contribution in [3.8, 4) is 11.1 Å². The van der Waals surface area contributed by atoms with Crippen molar-refractivity contribution in [3.05, 3.63) is 76.3 Å². The van der Waals surface area contributed by atoms with Crippen molar-refractivity contribution in [3.63, 3.8) is 0 Å². The molecule has 0 aliphatic heterocycles. The average molecular weight is 556 g/mol. The molecular weight excluding hydrogens is 518 g/mol. The second kappa shape index (κ2) is 14.4. The van der Waals surface area contributed by atoms with Crippen LogP contribution in [-0.2, 0) is 29.0 Å². The highest BCUT2D eigenvalue weighted by Gasteiger charge is 2.20. The van der Waals surface area contributed by atoms with Crippen LogP contribution in [0.1, 0.15) is 67.5 Å². The van der Waals surface area contributed by atoms with E-state index in [0.29, 0.717) is 29.7 Å². The maximum absolute atomic E-state index is 12.8. The molecule has 204 valence electrons. The van der Waals surface area contributed by atoms with Crippen LogP contribution in [0.2, 0.25) is 5.15 Å². The summed E-state index contributed by atoms with van der Waals surface area (Å²) in [5.74, 6) is 1.58. The van der Waals surface area contributed by atoms with Gasteiger partial charge in [0.2, 0.25) is 5.91 Å². The molecule has 3 rings (SSSR count). The molecule has 0 aliphatic carbocycles. The normalized spacial score (nSPS) is 12.7. The van der Waals surface area contributed by atoms with E-state index in [1.165, 1.54) is 7.11 Å². The largest absolute Gasteiger partial charge is 0.465 e. The zero-order valence-electron chi connectivity index (χ0n) is 22.7. The summed E-state index contributed by atoms with van der Waals surface area (Å²) in [4.78, 5) is 29.6. The highest BCUT2D eigenvalue weighted by molar-refractivity contribution is 7.80. The highest BCUT2D eigenvalue weighted by atomic mass is 35.5. The first-order chi connectivity index (χ1) is 18.3. The van der Waals surface area contributed by atoms with Gasteiger partial charge in [-0.2, -0.15) is 12.6 Å². The Balaban J connectivity index is 1.83. The number of nitrogens with zero attached hydrogens (tertiary/aromatic N) is 2. The lowest BCUT2D eigenvalue weighted by Crippen LogP contribution is -2.31. The lowest BCUT2D eigenvalue weighted by molar-refractivity contribution is -0.125. The number of benzene rings is 2. The first kappa shape index (κ1) is 29.8. The molecular formula is C30H38ClN3O3S. The molecule has 0 radical (unpaired) electrons. The van der Waals surface area contributed by atoms with Gasteiger partial charge in [0.1, 0.15) is 5.82 Å². The molecule has 2 atom stereocenters. The number of rotatable bonds is 13. The molecule has 8 heteroatoms. The van der Waals surface area contributed by atoms with Crippen LogP contribution in [0.3, 0.4) is 0 Å². The van der Waals surface area contributed by atoms with Gasteiger partial charge in [0.25, 0.3) is 0 Å². The Morgan fingerprint density at radius 2 is 1.84 bits per heavy atom. The number of methoxy groups -OCH3 is 1. The number of thiol groups is 1. The van der Waals surface area contributed by atoms with Crippen molar-refractivity contribution in [1.82, 2.24) is 14.9 Å². The molecule has 1 N–H and O–H groups in total. The summed E-state index contributed by atoms with van der Waals surface area (Å²) in [6.45, 7) is 7.09. The van der Waals surface area contributed by atoms with Gasteiger partial charge in [-0.15, -0.1) is 0 Å². The Bertz CT molecular complexity index is 1230. The van der Waals surface area contributed by atoms with Crippen LogP contribution in [0.15, 0.2) is 48.5 Å². The van der Waals surface area contributed by atoms with Crippen LogP contribution >= 0.6 is 24.2 Å². The fourth-order valence-electron chi connectivity index (χ4n) is 4.51. The summed E-state index contributed by atoms with van der Waals surface area (Å²) >= 11 is 10.9. The molecule has 1 aromatic heterocycles. The third-order valence-electron chi connectivity index (χ3n) is 6.74. The van der Waals surface area contributed by atoms with E-state index in [4.69, 9.17) is 16.3 Å². The number of unbranched alkanes of at least 4 members (excludes halogenated alkanes) is 1. The number of esters is 1. The number of hydrogen-bond acceptors (Lipinski definition) is 5.